The average molecular weight is 204 g/mol. The maximum Gasteiger partial charge on any atom is 0.0298 e. The van der Waals surface area contributed by atoms with E-state index >= 15 is 0 Å². The first-order chi connectivity index (χ1) is 7.11. The molecule has 0 radical (unpaired) electrons. The van der Waals surface area contributed by atoms with Gasteiger partial charge in [0.15, 0.2) is 0 Å². The fraction of sp³-hybridized carbons (Fsp3) is 0.308. The van der Waals surface area contributed by atoms with Crippen molar-refractivity contribution in [3.8, 4) is 0 Å². The van der Waals surface area contributed by atoms with Gasteiger partial charge in [0.05, 0.1) is 0 Å². The van der Waals surface area contributed by atoms with Crippen molar-refractivity contribution >= 4 is 6.21 Å². The van der Waals surface area contributed by atoms with Crippen molar-refractivity contribution in [1.29, 1.82) is 0 Å². The van der Waals surface area contributed by atoms with Gasteiger partial charge in [-0.15, -0.1) is 0 Å². The molecule has 0 bridgehead atoms. The minimum atomic E-state index is 0.791. The molecule has 0 atom stereocenters. The van der Waals surface area contributed by atoms with Crippen molar-refractivity contribution in [2.45, 2.75) is 13.8 Å². The Morgan fingerprint density at radius 2 is 2.00 bits per heavy atom. The van der Waals surface area contributed by atoms with Crippen molar-refractivity contribution in [3.63, 3.8) is 0 Å². The Labute approximate surface area is 92.8 Å². The van der Waals surface area contributed by atoms with Crippen molar-refractivity contribution < 1.29 is 0 Å². The molecule has 0 spiro atoms. The van der Waals surface area contributed by atoms with Gasteiger partial charge < -0.3 is 5.32 Å². The quantitative estimate of drug-likeness (QED) is 0.522. The van der Waals surface area contributed by atoms with Gasteiger partial charge in [0.25, 0.3) is 0 Å². The Balaban J connectivity index is 4.30. The summed E-state index contributed by atoms with van der Waals surface area (Å²) in [5.41, 5.74) is 3.05. The van der Waals surface area contributed by atoms with Gasteiger partial charge in [-0.1, -0.05) is 25.3 Å². The predicted molar refractivity (Wildman–Crippen MR) is 69.3 cm³/mol. The molecule has 0 amide bonds. The van der Waals surface area contributed by atoms with Gasteiger partial charge in [-0.3, -0.25) is 4.99 Å². The van der Waals surface area contributed by atoms with Crippen molar-refractivity contribution in [3.05, 3.63) is 48.2 Å². The first-order valence-electron chi connectivity index (χ1n) is 4.96. The van der Waals surface area contributed by atoms with Crippen LogP contribution in [0.1, 0.15) is 13.8 Å². The maximum atomic E-state index is 4.04. The fourth-order valence-electron chi connectivity index (χ4n) is 0.905. The zero-order valence-corrected chi connectivity index (χ0v) is 9.88. The molecule has 0 aromatic heterocycles. The maximum absolute atomic E-state index is 4.04. The molecule has 0 saturated carbocycles. The van der Waals surface area contributed by atoms with Gasteiger partial charge in [-0.25, -0.2) is 0 Å². The lowest BCUT2D eigenvalue weighted by Gasteiger charge is -2.00. The van der Waals surface area contributed by atoms with Crippen molar-refractivity contribution in [2.75, 3.05) is 13.6 Å². The Kier molecular flexibility index (Phi) is 7.20. The third-order valence-corrected chi connectivity index (χ3v) is 1.85. The monoisotopic (exact) mass is 204 g/mol. The third kappa shape index (κ3) is 6.63. The lowest BCUT2D eigenvalue weighted by atomic mass is 10.1. The van der Waals surface area contributed by atoms with Gasteiger partial charge in [-0.05, 0) is 37.6 Å². The molecule has 0 unspecified atom stereocenters. The molecule has 15 heavy (non-hydrogen) atoms. The van der Waals surface area contributed by atoms with E-state index in [-0.39, 0.29) is 0 Å². The average Bonchev–Trinajstić information content (AvgIpc) is 2.22. The van der Waals surface area contributed by atoms with E-state index in [1.165, 1.54) is 0 Å². The van der Waals surface area contributed by atoms with Crippen LogP contribution in [0.3, 0.4) is 0 Å². The minimum Gasteiger partial charge on any atom is -0.316 e. The number of nitrogens with one attached hydrogen (secondary N) is 1. The second-order valence-corrected chi connectivity index (χ2v) is 3.27. The molecule has 0 aliphatic heterocycles. The molecule has 0 aliphatic rings. The molecule has 2 nitrogen and oxygen atoms in total. The third-order valence-electron chi connectivity index (χ3n) is 1.85. The highest BCUT2D eigenvalue weighted by Crippen LogP contribution is 2.09. The Morgan fingerprint density at radius 1 is 1.33 bits per heavy atom. The van der Waals surface area contributed by atoms with E-state index in [4.69, 9.17) is 0 Å². The Hall–Kier alpha value is -1.41. The first kappa shape index (κ1) is 13.6. The van der Waals surface area contributed by atoms with Crippen LogP contribution in [0.5, 0.6) is 0 Å². The van der Waals surface area contributed by atoms with Gasteiger partial charge >= 0.3 is 0 Å². The number of hydrogen-bond acceptors (Lipinski definition) is 2. The van der Waals surface area contributed by atoms with Crippen LogP contribution >= 0.6 is 0 Å². The molecule has 0 aromatic carbocycles. The summed E-state index contributed by atoms with van der Waals surface area (Å²) in [5, 5.41) is 3.04. The molecule has 0 aromatic rings. The van der Waals surface area contributed by atoms with Crippen LogP contribution in [0.15, 0.2) is 53.2 Å². The SMILES string of the molecule is C=C(/C=C\C(=C)/C(C)=C/N=C\C)CNC. The normalized spacial score (nSPS) is 12.6. The standard InChI is InChI=1S/C13H20N2/c1-6-15-10-13(4)12(3)8-7-11(2)9-14-5/h6-8,10,14H,2-3,9H2,1,4-5H3/b8-7-,13-10+,15-6-. The van der Waals surface area contributed by atoms with Gasteiger partial charge in [0.2, 0.25) is 0 Å². The lowest BCUT2D eigenvalue weighted by Crippen LogP contribution is -2.08. The van der Waals surface area contributed by atoms with Gasteiger partial charge in [0.1, 0.15) is 0 Å². The number of hydrogen-bond donors (Lipinski definition) is 1. The zero-order valence-electron chi connectivity index (χ0n) is 9.88. The Morgan fingerprint density at radius 3 is 2.53 bits per heavy atom. The van der Waals surface area contributed by atoms with Crippen LogP contribution in [-0.2, 0) is 0 Å². The van der Waals surface area contributed by atoms with Crippen LogP contribution in [-0.4, -0.2) is 19.8 Å². The number of allylic oxidation sites excluding steroid dienone is 3. The summed E-state index contributed by atoms with van der Waals surface area (Å²) in [6.07, 6.45) is 7.47. The highest BCUT2D eigenvalue weighted by atomic mass is 14.8. The number of likely N-dealkylation sites (N-methyl/N-ethyl adjacent to an activating group) is 1. The molecule has 0 rings (SSSR count). The van der Waals surface area contributed by atoms with Gasteiger partial charge in [-0.2, -0.15) is 0 Å². The van der Waals surface area contributed by atoms with E-state index in [1.54, 1.807) is 12.4 Å². The molecular formula is C13H20N2. The van der Waals surface area contributed by atoms with Crippen LogP contribution in [0.4, 0.5) is 0 Å². The van der Waals surface area contributed by atoms with E-state index in [0.29, 0.717) is 0 Å². The molecule has 82 valence electrons. The van der Waals surface area contributed by atoms with Crippen LogP contribution in [0.25, 0.3) is 0 Å². The lowest BCUT2D eigenvalue weighted by molar-refractivity contribution is 0.898. The largest absolute Gasteiger partial charge is 0.316 e. The molecular weight excluding hydrogens is 184 g/mol. The fourth-order valence-corrected chi connectivity index (χ4v) is 0.905. The summed E-state index contributed by atoms with van der Waals surface area (Å²) in [6.45, 7) is 12.5. The summed E-state index contributed by atoms with van der Waals surface area (Å²) >= 11 is 0. The molecule has 1 N–H and O–H groups in total. The summed E-state index contributed by atoms with van der Waals surface area (Å²) in [6, 6.07) is 0. The Bertz CT molecular complexity index is 306. The summed E-state index contributed by atoms with van der Waals surface area (Å²) < 4.78 is 0. The van der Waals surface area contributed by atoms with E-state index in [1.807, 2.05) is 33.0 Å². The number of rotatable bonds is 6. The summed E-state index contributed by atoms with van der Waals surface area (Å²) in [5.74, 6) is 0. The van der Waals surface area contributed by atoms with E-state index in [2.05, 4.69) is 23.5 Å². The molecule has 2 heteroatoms. The number of nitrogens with zero attached hydrogens (tertiary/aromatic N) is 1. The van der Waals surface area contributed by atoms with Crippen LogP contribution in [0.2, 0.25) is 0 Å². The smallest absolute Gasteiger partial charge is 0.0298 e. The van der Waals surface area contributed by atoms with Crippen LogP contribution in [0, 0.1) is 0 Å². The topological polar surface area (TPSA) is 24.4 Å². The minimum absolute atomic E-state index is 0.791. The molecule has 0 heterocycles. The van der Waals surface area contributed by atoms with Gasteiger partial charge in [0, 0.05) is 19.0 Å². The molecule has 0 fully saturated rings. The van der Waals surface area contributed by atoms with Crippen molar-refractivity contribution in [2.24, 2.45) is 4.99 Å². The highest BCUT2D eigenvalue weighted by Gasteiger charge is 1.91. The number of aliphatic imine (C=N–C) groups is 1. The summed E-state index contributed by atoms with van der Waals surface area (Å²) in [7, 11) is 1.90. The van der Waals surface area contributed by atoms with Crippen molar-refractivity contribution in [1.82, 2.24) is 5.32 Å². The second kappa shape index (κ2) is 7.94. The van der Waals surface area contributed by atoms with Crippen LogP contribution < -0.4 is 5.32 Å². The van der Waals surface area contributed by atoms with E-state index in [9.17, 15) is 0 Å². The molecule has 0 saturated heterocycles. The summed E-state index contributed by atoms with van der Waals surface area (Å²) in [4.78, 5) is 4.04. The first-order valence-corrected chi connectivity index (χ1v) is 4.96. The second-order valence-electron chi connectivity index (χ2n) is 3.27. The highest BCUT2D eigenvalue weighted by molar-refractivity contribution is 5.55. The molecule has 0 aliphatic carbocycles. The predicted octanol–water partition coefficient (Wildman–Crippen LogP) is 2.87. The van der Waals surface area contributed by atoms with E-state index in [0.717, 1.165) is 23.3 Å². The zero-order chi connectivity index (χ0) is 11.7. The van der Waals surface area contributed by atoms with E-state index < -0.39 is 0 Å².